The van der Waals surface area contributed by atoms with E-state index in [0.29, 0.717) is 6.42 Å². The lowest BCUT2D eigenvalue weighted by Crippen LogP contribution is -2.31. The third-order valence-corrected chi connectivity index (χ3v) is 2.57. The van der Waals surface area contributed by atoms with Gasteiger partial charge in [0.25, 0.3) is 0 Å². The number of anilines is 1. The van der Waals surface area contributed by atoms with Gasteiger partial charge in [0.1, 0.15) is 5.75 Å². The highest BCUT2D eigenvalue weighted by Gasteiger charge is 2.06. The number of nitrogens with one attached hydrogen (secondary N) is 1. The maximum absolute atomic E-state index is 11.0. The van der Waals surface area contributed by atoms with Crippen molar-refractivity contribution >= 4 is 11.6 Å². The van der Waals surface area contributed by atoms with E-state index in [2.05, 4.69) is 10.3 Å². The number of phenolic OH excluding ortho intramolecular Hbond substituents is 1. The molecule has 1 amide bonds. The van der Waals surface area contributed by atoms with Gasteiger partial charge in [0.05, 0.1) is 0 Å². The summed E-state index contributed by atoms with van der Waals surface area (Å²) in [6, 6.07) is 7.10. The summed E-state index contributed by atoms with van der Waals surface area (Å²) in [5.41, 5.74) is 3.07. The molecule has 1 aromatic carbocycles. The fraction of sp³-hybridized carbons (Fsp3) is 0.417. The molecule has 17 heavy (non-hydrogen) atoms. The lowest BCUT2D eigenvalue weighted by Gasteiger charge is -2.23. The second kappa shape index (κ2) is 6.75. The number of hydrazine groups is 1. The predicted octanol–water partition coefficient (Wildman–Crippen LogP) is 0.989. The fourth-order valence-electron chi connectivity index (χ4n) is 1.66. The Morgan fingerprint density at radius 2 is 2.29 bits per heavy atom. The molecule has 0 aromatic heterocycles. The van der Waals surface area contributed by atoms with Crippen molar-refractivity contribution in [2.24, 2.45) is 5.84 Å². The van der Waals surface area contributed by atoms with E-state index in [1.54, 1.807) is 18.2 Å². The number of hydrogen-bond donors (Lipinski definition) is 3. The number of aromatic hydroxyl groups is 1. The van der Waals surface area contributed by atoms with Crippen LogP contribution in [-0.4, -0.2) is 24.1 Å². The van der Waals surface area contributed by atoms with Gasteiger partial charge >= 0.3 is 0 Å². The highest BCUT2D eigenvalue weighted by atomic mass is 16.3. The largest absolute Gasteiger partial charge is 0.508 e. The number of nitrogens with two attached hydrogens (primary N) is 1. The third kappa shape index (κ3) is 4.32. The van der Waals surface area contributed by atoms with Crippen LogP contribution in [0, 0.1) is 0 Å². The van der Waals surface area contributed by atoms with E-state index in [1.807, 2.05) is 13.0 Å². The molecule has 1 aromatic rings. The predicted molar refractivity (Wildman–Crippen MR) is 67.6 cm³/mol. The number of amides is 1. The van der Waals surface area contributed by atoms with Gasteiger partial charge in [-0.2, -0.15) is 0 Å². The van der Waals surface area contributed by atoms with E-state index in [-0.39, 0.29) is 11.7 Å². The lowest BCUT2D eigenvalue weighted by molar-refractivity contribution is -0.121. The minimum atomic E-state index is -0.156. The van der Waals surface area contributed by atoms with Gasteiger partial charge in [0.2, 0.25) is 5.91 Å². The molecular weight excluding hydrogens is 218 g/mol. The Labute approximate surface area is 101 Å². The molecule has 5 nitrogen and oxygen atoms in total. The van der Waals surface area contributed by atoms with Crippen molar-refractivity contribution in [2.75, 3.05) is 18.0 Å². The topological polar surface area (TPSA) is 78.6 Å². The molecule has 0 aliphatic rings. The summed E-state index contributed by atoms with van der Waals surface area (Å²) in [5.74, 6) is 5.10. The Morgan fingerprint density at radius 3 is 2.88 bits per heavy atom. The molecule has 0 radical (unpaired) electrons. The molecule has 0 spiro atoms. The fourth-order valence-corrected chi connectivity index (χ4v) is 1.66. The average molecular weight is 237 g/mol. The zero-order chi connectivity index (χ0) is 12.7. The van der Waals surface area contributed by atoms with Crippen molar-refractivity contribution in [3.8, 4) is 5.75 Å². The number of carbonyl (C=O) groups is 1. The van der Waals surface area contributed by atoms with Crippen LogP contribution in [0.5, 0.6) is 5.75 Å². The van der Waals surface area contributed by atoms with Crippen molar-refractivity contribution in [1.82, 2.24) is 5.43 Å². The van der Waals surface area contributed by atoms with Gasteiger partial charge in [0, 0.05) is 31.3 Å². The summed E-state index contributed by atoms with van der Waals surface area (Å²) in [7, 11) is 0. The summed E-state index contributed by atoms with van der Waals surface area (Å²) < 4.78 is 0. The van der Waals surface area contributed by atoms with Gasteiger partial charge in [-0.25, -0.2) is 5.84 Å². The first-order chi connectivity index (χ1) is 8.17. The van der Waals surface area contributed by atoms with E-state index in [4.69, 9.17) is 5.84 Å². The van der Waals surface area contributed by atoms with Crippen LogP contribution < -0.4 is 16.2 Å². The van der Waals surface area contributed by atoms with Crippen LogP contribution >= 0.6 is 0 Å². The van der Waals surface area contributed by atoms with Gasteiger partial charge in [-0.3, -0.25) is 10.2 Å². The molecule has 94 valence electrons. The molecule has 0 saturated heterocycles. The Balaban J connectivity index is 2.51. The van der Waals surface area contributed by atoms with Crippen molar-refractivity contribution in [1.29, 1.82) is 0 Å². The summed E-state index contributed by atoms with van der Waals surface area (Å²) in [6.45, 7) is 3.62. The van der Waals surface area contributed by atoms with E-state index in [1.165, 1.54) is 0 Å². The van der Waals surface area contributed by atoms with Crippen LogP contribution in [0.3, 0.4) is 0 Å². The van der Waals surface area contributed by atoms with Crippen LogP contribution in [0.25, 0.3) is 0 Å². The molecule has 1 rings (SSSR count). The maximum Gasteiger partial charge on any atom is 0.233 e. The summed E-state index contributed by atoms with van der Waals surface area (Å²) in [4.78, 5) is 13.1. The Kier molecular flexibility index (Phi) is 5.29. The molecule has 0 aliphatic heterocycles. The number of nitrogens with zero attached hydrogens (tertiary/aromatic N) is 1. The normalized spacial score (nSPS) is 10.0. The second-order valence-corrected chi connectivity index (χ2v) is 3.77. The molecule has 0 atom stereocenters. The van der Waals surface area contributed by atoms with Gasteiger partial charge in [0.15, 0.2) is 0 Å². The van der Waals surface area contributed by atoms with Gasteiger partial charge in [-0.1, -0.05) is 6.07 Å². The molecule has 0 unspecified atom stereocenters. The van der Waals surface area contributed by atoms with Gasteiger partial charge in [-0.15, -0.1) is 0 Å². The van der Waals surface area contributed by atoms with Gasteiger partial charge < -0.3 is 10.0 Å². The Hall–Kier alpha value is -1.75. The molecule has 0 fully saturated rings. The summed E-state index contributed by atoms with van der Waals surface area (Å²) in [5, 5.41) is 9.40. The number of benzene rings is 1. The summed E-state index contributed by atoms with van der Waals surface area (Å²) in [6.07, 6.45) is 1.14. The number of rotatable bonds is 6. The second-order valence-electron chi connectivity index (χ2n) is 3.77. The summed E-state index contributed by atoms with van der Waals surface area (Å²) >= 11 is 0. The van der Waals surface area contributed by atoms with Crippen LogP contribution in [0.2, 0.25) is 0 Å². The number of hydrogen-bond acceptors (Lipinski definition) is 4. The third-order valence-electron chi connectivity index (χ3n) is 2.57. The van der Waals surface area contributed by atoms with E-state index in [9.17, 15) is 9.90 Å². The smallest absolute Gasteiger partial charge is 0.233 e. The zero-order valence-electron chi connectivity index (χ0n) is 10.0. The van der Waals surface area contributed by atoms with Crippen molar-refractivity contribution < 1.29 is 9.90 Å². The molecular formula is C12H19N3O2. The minimum Gasteiger partial charge on any atom is -0.508 e. The SMILES string of the molecule is CCN(CCCC(=O)NN)c1cccc(O)c1. The zero-order valence-corrected chi connectivity index (χ0v) is 10.0. The maximum atomic E-state index is 11.0. The molecule has 5 heteroatoms. The quantitative estimate of drug-likeness (QED) is 0.391. The molecule has 4 N–H and O–H groups in total. The first-order valence-electron chi connectivity index (χ1n) is 5.70. The molecule has 0 saturated carbocycles. The molecule has 0 bridgehead atoms. The van der Waals surface area contributed by atoms with Crippen LogP contribution in [-0.2, 0) is 4.79 Å². The first kappa shape index (κ1) is 13.3. The van der Waals surface area contributed by atoms with Gasteiger partial charge in [-0.05, 0) is 25.5 Å². The highest BCUT2D eigenvalue weighted by molar-refractivity contribution is 5.75. The average Bonchev–Trinajstić information content (AvgIpc) is 2.34. The first-order valence-corrected chi connectivity index (χ1v) is 5.70. The van der Waals surface area contributed by atoms with Crippen molar-refractivity contribution in [2.45, 2.75) is 19.8 Å². The van der Waals surface area contributed by atoms with Crippen LogP contribution in [0.4, 0.5) is 5.69 Å². The Bertz CT molecular complexity index is 369. The Morgan fingerprint density at radius 1 is 1.53 bits per heavy atom. The number of carbonyl (C=O) groups excluding carboxylic acids is 1. The number of phenols is 1. The van der Waals surface area contributed by atoms with Crippen molar-refractivity contribution in [3.63, 3.8) is 0 Å². The van der Waals surface area contributed by atoms with Crippen LogP contribution in [0.1, 0.15) is 19.8 Å². The van der Waals surface area contributed by atoms with E-state index in [0.717, 1.165) is 25.2 Å². The standard InChI is InChI=1S/C12H19N3O2/c1-2-15(8-4-7-12(17)14-13)10-5-3-6-11(16)9-10/h3,5-6,9,16H,2,4,7-8,13H2,1H3,(H,14,17). The minimum absolute atomic E-state index is 0.156. The van der Waals surface area contributed by atoms with E-state index < -0.39 is 0 Å². The molecule has 0 aliphatic carbocycles. The monoisotopic (exact) mass is 237 g/mol. The van der Waals surface area contributed by atoms with Crippen LogP contribution in [0.15, 0.2) is 24.3 Å². The van der Waals surface area contributed by atoms with Crippen molar-refractivity contribution in [3.05, 3.63) is 24.3 Å². The molecule has 0 heterocycles. The highest BCUT2D eigenvalue weighted by Crippen LogP contribution is 2.20. The lowest BCUT2D eigenvalue weighted by atomic mass is 10.2. The van der Waals surface area contributed by atoms with E-state index >= 15 is 0 Å².